The number of carboxylic acids is 1. The number of nitrogens with zero attached hydrogens (tertiary/aromatic N) is 2. The number of aromatic nitrogens is 2. The predicted molar refractivity (Wildman–Crippen MR) is 69.2 cm³/mol. The van der Waals surface area contributed by atoms with Crippen molar-refractivity contribution in [3.05, 3.63) is 40.9 Å². The number of amides is 2. The molecular weight excluding hydrogens is 268 g/mol. The third-order valence-electron chi connectivity index (χ3n) is 2.23. The van der Waals surface area contributed by atoms with E-state index in [1.54, 1.807) is 12.1 Å². The number of nitrogens with one attached hydrogen (secondary N) is 2. The number of carbonyl (C=O) groups excluding carboxylic acids is 1. The first-order chi connectivity index (χ1) is 9.15. The number of benzene rings is 1. The zero-order valence-corrected chi connectivity index (χ0v) is 10.5. The quantitative estimate of drug-likeness (QED) is 0.787. The Morgan fingerprint density at radius 1 is 1.26 bits per heavy atom. The van der Waals surface area contributed by atoms with Gasteiger partial charge in [0.05, 0.1) is 5.56 Å². The van der Waals surface area contributed by atoms with Crippen LogP contribution in [-0.2, 0) is 6.54 Å². The second kappa shape index (κ2) is 5.91. The van der Waals surface area contributed by atoms with Crippen molar-refractivity contribution in [1.29, 1.82) is 0 Å². The van der Waals surface area contributed by atoms with Crippen molar-refractivity contribution in [2.45, 2.75) is 6.54 Å². The average Bonchev–Trinajstić information content (AvgIpc) is 2.89. The van der Waals surface area contributed by atoms with Gasteiger partial charge in [0.15, 0.2) is 0 Å². The summed E-state index contributed by atoms with van der Waals surface area (Å²) in [5.74, 6) is -0.978. The molecular formula is C11H10N4O3S. The lowest BCUT2D eigenvalue weighted by Crippen LogP contribution is -2.28. The first kappa shape index (κ1) is 13.0. The minimum Gasteiger partial charge on any atom is -0.478 e. The SMILES string of the molecule is O=C(NCc1ccc(C(=O)O)cc1)Nc1nncs1. The Balaban J connectivity index is 1.84. The summed E-state index contributed by atoms with van der Waals surface area (Å²) in [4.78, 5) is 22.1. The molecule has 0 bridgehead atoms. The Kier molecular flexibility index (Phi) is 4.04. The van der Waals surface area contributed by atoms with Gasteiger partial charge in [0.25, 0.3) is 0 Å². The molecule has 0 atom stereocenters. The van der Waals surface area contributed by atoms with Crippen LogP contribution in [0.2, 0.25) is 0 Å². The normalized spacial score (nSPS) is 9.89. The van der Waals surface area contributed by atoms with Crippen LogP contribution in [0, 0.1) is 0 Å². The van der Waals surface area contributed by atoms with Crippen molar-refractivity contribution < 1.29 is 14.7 Å². The average molecular weight is 278 g/mol. The van der Waals surface area contributed by atoms with Gasteiger partial charge in [-0.15, -0.1) is 10.2 Å². The maximum Gasteiger partial charge on any atom is 0.335 e. The van der Waals surface area contributed by atoms with Crippen molar-refractivity contribution in [3.63, 3.8) is 0 Å². The Bertz CT molecular complexity index is 568. The summed E-state index contributed by atoms with van der Waals surface area (Å²) in [5, 5.41) is 21.6. The molecule has 0 spiro atoms. The van der Waals surface area contributed by atoms with E-state index in [-0.39, 0.29) is 11.6 Å². The topological polar surface area (TPSA) is 104 Å². The summed E-state index contributed by atoms with van der Waals surface area (Å²) < 4.78 is 0. The van der Waals surface area contributed by atoms with Crippen molar-refractivity contribution in [3.8, 4) is 0 Å². The third-order valence-corrected chi connectivity index (χ3v) is 2.84. The van der Waals surface area contributed by atoms with Gasteiger partial charge < -0.3 is 10.4 Å². The van der Waals surface area contributed by atoms with Gasteiger partial charge in [-0.1, -0.05) is 23.5 Å². The van der Waals surface area contributed by atoms with Gasteiger partial charge in [0.2, 0.25) is 5.13 Å². The van der Waals surface area contributed by atoms with E-state index < -0.39 is 5.97 Å². The Morgan fingerprint density at radius 2 is 2.00 bits per heavy atom. The smallest absolute Gasteiger partial charge is 0.335 e. The van der Waals surface area contributed by atoms with E-state index in [4.69, 9.17) is 5.11 Å². The van der Waals surface area contributed by atoms with E-state index in [0.717, 1.165) is 5.56 Å². The molecule has 1 aromatic carbocycles. The molecule has 2 amide bonds. The summed E-state index contributed by atoms with van der Waals surface area (Å²) in [6.07, 6.45) is 0. The van der Waals surface area contributed by atoms with Crippen LogP contribution in [-0.4, -0.2) is 27.3 Å². The molecule has 1 heterocycles. The molecule has 19 heavy (non-hydrogen) atoms. The molecule has 0 saturated carbocycles. The molecule has 0 radical (unpaired) electrons. The largest absolute Gasteiger partial charge is 0.478 e. The van der Waals surface area contributed by atoms with Crippen molar-refractivity contribution in [2.24, 2.45) is 0 Å². The summed E-state index contributed by atoms with van der Waals surface area (Å²) >= 11 is 1.22. The van der Waals surface area contributed by atoms with Crippen LogP contribution < -0.4 is 10.6 Å². The molecule has 0 fully saturated rings. The zero-order chi connectivity index (χ0) is 13.7. The fourth-order valence-electron chi connectivity index (χ4n) is 1.32. The van der Waals surface area contributed by atoms with Crippen LogP contribution in [0.25, 0.3) is 0 Å². The summed E-state index contributed by atoms with van der Waals surface area (Å²) in [6.45, 7) is 0.296. The highest BCUT2D eigenvalue weighted by Gasteiger charge is 2.05. The molecule has 0 aliphatic carbocycles. The predicted octanol–water partition coefficient (Wildman–Crippen LogP) is 1.56. The van der Waals surface area contributed by atoms with Gasteiger partial charge in [-0.2, -0.15) is 0 Å². The maximum absolute atomic E-state index is 11.5. The van der Waals surface area contributed by atoms with E-state index in [1.807, 2.05) is 0 Å². The van der Waals surface area contributed by atoms with E-state index in [1.165, 1.54) is 29.0 Å². The minimum absolute atomic E-state index is 0.210. The lowest BCUT2D eigenvalue weighted by molar-refractivity contribution is 0.0697. The zero-order valence-electron chi connectivity index (χ0n) is 9.66. The highest BCUT2D eigenvalue weighted by molar-refractivity contribution is 7.13. The number of hydrogen-bond acceptors (Lipinski definition) is 5. The van der Waals surface area contributed by atoms with E-state index >= 15 is 0 Å². The summed E-state index contributed by atoms with van der Waals surface area (Å²) in [5.41, 5.74) is 2.53. The number of carbonyl (C=O) groups is 2. The Labute approximate surface area is 112 Å². The molecule has 2 rings (SSSR count). The van der Waals surface area contributed by atoms with Crippen molar-refractivity contribution in [1.82, 2.24) is 15.5 Å². The maximum atomic E-state index is 11.5. The number of urea groups is 1. The van der Waals surface area contributed by atoms with Crippen LogP contribution in [0.4, 0.5) is 9.93 Å². The molecule has 98 valence electrons. The second-order valence-electron chi connectivity index (χ2n) is 3.55. The van der Waals surface area contributed by atoms with E-state index in [9.17, 15) is 9.59 Å². The number of carboxylic acid groups (broad SMARTS) is 1. The van der Waals surface area contributed by atoms with Gasteiger partial charge in [0.1, 0.15) is 5.51 Å². The van der Waals surface area contributed by atoms with Gasteiger partial charge in [0, 0.05) is 6.54 Å². The molecule has 0 aliphatic rings. The second-order valence-corrected chi connectivity index (χ2v) is 4.39. The lowest BCUT2D eigenvalue weighted by Gasteiger charge is -2.05. The highest BCUT2D eigenvalue weighted by Crippen LogP contribution is 2.08. The highest BCUT2D eigenvalue weighted by atomic mass is 32.1. The van der Waals surface area contributed by atoms with Crippen LogP contribution in [0.5, 0.6) is 0 Å². The van der Waals surface area contributed by atoms with E-state index in [2.05, 4.69) is 20.8 Å². The van der Waals surface area contributed by atoms with Crippen molar-refractivity contribution >= 4 is 28.5 Å². The summed E-state index contributed by atoms with van der Waals surface area (Å²) in [7, 11) is 0. The molecule has 7 nitrogen and oxygen atoms in total. The lowest BCUT2D eigenvalue weighted by atomic mass is 10.1. The number of aromatic carboxylic acids is 1. The Morgan fingerprint density at radius 3 is 2.58 bits per heavy atom. The molecule has 8 heteroatoms. The molecule has 2 aromatic rings. The fourth-order valence-corrected chi connectivity index (χ4v) is 1.76. The van der Waals surface area contributed by atoms with Gasteiger partial charge in [-0.25, -0.2) is 9.59 Å². The number of hydrogen-bond donors (Lipinski definition) is 3. The standard InChI is InChI=1S/C11H10N4O3S/c16-9(17)8-3-1-7(2-4-8)5-12-10(18)14-11-15-13-6-19-11/h1-4,6H,5H2,(H,16,17)(H2,12,14,15,18). The molecule has 0 unspecified atom stereocenters. The number of anilines is 1. The van der Waals surface area contributed by atoms with Gasteiger partial charge in [-0.05, 0) is 17.7 Å². The third kappa shape index (κ3) is 3.75. The van der Waals surface area contributed by atoms with Gasteiger partial charge >= 0.3 is 12.0 Å². The minimum atomic E-state index is -0.978. The van der Waals surface area contributed by atoms with Crippen molar-refractivity contribution in [2.75, 3.05) is 5.32 Å². The molecule has 1 aromatic heterocycles. The Hall–Kier alpha value is -2.48. The summed E-state index contributed by atoms with van der Waals surface area (Å²) in [6, 6.07) is 5.88. The monoisotopic (exact) mass is 278 g/mol. The fraction of sp³-hybridized carbons (Fsp3) is 0.0909. The van der Waals surface area contributed by atoms with Crippen LogP contribution in [0.15, 0.2) is 29.8 Å². The van der Waals surface area contributed by atoms with Gasteiger partial charge in [-0.3, -0.25) is 5.32 Å². The molecule has 3 N–H and O–H groups in total. The molecule has 0 aliphatic heterocycles. The van der Waals surface area contributed by atoms with Crippen LogP contribution in [0.3, 0.4) is 0 Å². The van der Waals surface area contributed by atoms with Crippen LogP contribution >= 0.6 is 11.3 Å². The first-order valence-electron chi connectivity index (χ1n) is 5.28. The number of rotatable bonds is 4. The first-order valence-corrected chi connectivity index (χ1v) is 6.16. The molecule has 0 saturated heterocycles. The van der Waals surface area contributed by atoms with E-state index in [0.29, 0.717) is 11.7 Å². The van der Waals surface area contributed by atoms with Crippen LogP contribution in [0.1, 0.15) is 15.9 Å².